The largest absolute Gasteiger partial charge is 0.480 e. The van der Waals surface area contributed by atoms with Crippen molar-refractivity contribution in [1.82, 2.24) is 20.3 Å². The minimum Gasteiger partial charge on any atom is -0.480 e. The van der Waals surface area contributed by atoms with Crippen LogP contribution in [0.2, 0.25) is 4.34 Å². The molecule has 3 aromatic heterocycles. The molecule has 0 radical (unpaired) electrons. The molecular formula is C23H20ClN5O4S2. The second kappa shape index (κ2) is 10.9. The van der Waals surface area contributed by atoms with E-state index in [4.69, 9.17) is 16.7 Å². The fourth-order valence-electron chi connectivity index (χ4n) is 3.24. The normalized spacial score (nSPS) is 12.3. The van der Waals surface area contributed by atoms with E-state index < -0.39 is 21.2 Å². The molecule has 0 saturated heterocycles. The van der Waals surface area contributed by atoms with Crippen LogP contribution in [-0.2, 0) is 21.2 Å². The minimum atomic E-state index is -3.97. The number of nitrogens with one attached hydrogen (secondary N) is 2. The molecule has 0 aliphatic rings. The highest BCUT2D eigenvalue weighted by Crippen LogP contribution is 2.29. The van der Waals surface area contributed by atoms with Crippen LogP contribution in [-0.4, -0.2) is 41.0 Å². The molecule has 0 fully saturated rings. The van der Waals surface area contributed by atoms with Crippen LogP contribution in [0.3, 0.4) is 0 Å². The number of aromatic nitrogens is 3. The molecule has 3 heterocycles. The first-order valence-corrected chi connectivity index (χ1v) is 13.1. The SMILES string of the molecule is O=C(O)CNc1cccc(C(NCc2ccc(-c3ncc(Cl)s3)cc2)S(=O)(=O)c2ccccn2)n1. The first-order chi connectivity index (χ1) is 16.8. The van der Waals surface area contributed by atoms with Crippen molar-refractivity contribution in [1.29, 1.82) is 0 Å². The summed E-state index contributed by atoms with van der Waals surface area (Å²) in [6.07, 6.45) is 3.00. The molecule has 180 valence electrons. The summed E-state index contributed by atoms with van der Waals surface area (Å²) in [7, 11) is -3.97. The summed E-state index contributed by atoms with van der Waals surface area (Å²) in [6.45, 7) is -0.123. The van der Waals surface area contributed by atoms with E-state index in [9.17, 15) is 13.2 Å². The smallest absolute Gasteiger partial charge is 0.322 e. The van der Waals surface area contributed by atoms with Gasteiger partial charge in [0.15, 0.2) is 10.4 Å². The van der Waals surface area contributed by atoms with E-state index in [1.165, 1.54) is 23.6 Å². The molecule has 0 aliphatic heterocycles. The molecule has 0 spiro atoms. The highest BCUT2D eigenvalue weighted by molar-refractivity contribution is 7.91. The lowest BCUT2D eigenvalue weighted by atomic mass is 10.1. The number of rotatable bonds is 10. The summed E-state index contributed by atoms with van der Waals surface area (Å²) in [5.41, 5.74) is 1.96. The van der Waals surface area contributed by atoms with Crippen molar-refractivity contribution in [2.24, 2.45) is 0 Å². The van der Waals surface area contributed by atoms with Gasteiger partial charge in [-0.3, -0.25) is 10.1 Å². The maximum Gasteiger partial charge on any atom is 0.322 e. The molecular weight excluding hydrogens is 510 g/mol. The minimum absolute atomic E-state index is 0.0980. The first kappa shape index (κ1) is 24.7. The van der Waals surface area contributed by atoms with Crippen molar-refractivity contribution >= 4 is 44.6 Å². The number of carbonyl (C=O) groups is 1. The molecule has 1 unspecified atom stereocenters. The third-order valence-corrected chi connectivity index (χ3v) is 7.89. The summed E-state index contributed by atoms with van der Waals surface area (Å²) in [5.74, 6) is -0.809. The van der Waals surface area contributed by atoms with Gasteiger partial charge in [-0.1, -0.05) is 48.0 Å². The molecule has 4 aromatic rings. The fourth-order valence-corrected chi connectivity index (χ4v) is 5.62. The highest BCUT2D eigenvalue weighted by atomic mass is 35.5. The number of thiazole rings is 1. The van der Waals surface area contributed by atoms with Gasteiger partial charge in [-0.05, 0) is 29.8 Å². The Morgan fingerprint density at radius 2 is 1.86 bits per heavy atom. The van der Waals surface area contributed by atoms with Crippen LogP contribution in [0.5, 0.6) is 0 Å². The van der Waals surface area contributed by atoms with Gasteiger partial charge in [-0.25, -0.2) is 23.4 Å². The van der Waals surface area contributed by atoms with Crippen LogP contribution in [0.15, 0.2) is 78.1 Å². The molecule has 9 nitrogen and oxygen atoms in total. The zero-order valence-corrected chi connectivity index (χ0v) is 20.5. The van der Waals surface area contributed by atoms with Gasteiger partial charge in [0.2, 0.25) is 9.84 Å². The van der Waals surface area contributed by atoms with Gasteiger partial charge in [0.25, 0.3) is 0 Å². The lowest BCUT2D eigenvalue weighted by Crippen LogP contribution is -2.30. The Hall–Kier alpha value is -3.38. The predicted molar refractivity (Wildman–Crippen MR) is 134 cm³/mol. The Labute approximate surface area is 210 Å². The van der Waals surface area contributed by atoms with Crippen LogP contribution < -0.4 is 10.6 Å². The molecule has 0 amide bonds. The Bertz CT molecular complexity index is 1410. The number of pyridine rings is 2. The molecule has 0 bridgehead atoms. The van der Waals surface area contributed by atoms with Crippen LogP contribution in [0.25, 0.3) is 10.6 Å². The van der Waals surface area contributed by atoms with Gasteiger partial charge >= 0.3 is 5.97 Å². The van der Waals surface area contributed by atoms with Gasteiger partial charge in [-0.15, -0.1) is 11.3 Å². The molecule has 0 aliphatic carbocycles. The van der Waals surface area contributed by atoms with Crippen LogP contribution in [0.4, 0.5) is 5.82 Å². The molecule has 12 heteroatoms. The summed E-state index contributed by atoms with van der Waals surface area (Å²) >= 11 is 7.34. The number of halogens is 1. The quantitative estimate of drug-likeness (QED) is 0.278. The zero-order valence-electron chi connectivity index (χ0n) is 18.1. The molecule has 1 atom stereocenters. The Morgan fingerprint density at radius 1 is 1.06 bits per heavy atom. The van der Waals surface area contributed by atoms with Gasteiger partial charge in [-0.2, -0.15) is 0 Å². The van der Waals surface area contributed by atoms with E-state index in [1.807, 2.05) is 24.3 Å². The fraction of sp³-hybridized carbons (Fsp3) is 0.130. The molecule has 3 N–H and O–H groups in total. The van der Waals surface area contributed by atoms with Crippen molar-refractivity contribution in [3.8, 4) is 10.6 Å². The third-order valence-electron chi connectivity index (χ3n) is 4.87. The van der Waals surface area contributed by atoms with Gasteiger partial charge in [0.1, 0.15) is 21.7 Å². The van der Waals surface area contributed by atoms with E-state index in [1.54, 1.807) is 36.5 Å². The summed E-state index contributed by atoms with van der Waals surface area (Å²) in [4.78, 5) is 23.5. The summed E-state index contributed by atoms with van der Waals surface area (Å²) in [6, 6.07) is 16.9. The molecule has 1 aromatic carbocycles. The van der Waals surface area contributed by atoms with Crippen molar-refractivity contribution in [3.63, 3.8) is 0 Å². The standard InChI is InChI=1S/C23H20ClN5O4S2/c24-18-13-27-22(34-18)16-9-7-15(8-10-16)12-28-23(35(32,33)20-6-1-2-11-25-20)17-4-3-5-19(29-17)26-14-21(30)31/h1-11,13,23,28H,12,14H2,(H,26,29)(H,30,31). The number of carboxylic acid groups (broad SMARTS) is 1. The highest BCUT2D eigenvalue weighted by Gasteiger charge is 2.31. The Kier molecular flexibility index (Phi) is 7.71. The summed E-state index contributed by atoms with van der Waals surface area (Å²) in [5, 5.41) is 14.1. The lowest BCUT2D eigenvalue weighted by molar-refractivity contribution is -0.134. The van der Waals surface area contributed by atoms with Crippen molar-refractivity contribution in [2.75, 3.05) is 11.9 Å². The van der Waals surface area contributed by atoms with Crippen LogP contribution >= 0.6 is 22.9 Å². The number of benzene rings is 1. The molecule has 0 saturated carbocycles. The first-order valence-electron chi connectivity index (χ1n) is 10.3. The molecule has 4 rings (SSSR count). The number of nitrogens with zero attached hydrogens (tertiary/aromatic N) is 3. The average molecular weight is 530 g/mol. The number of anilines is 1. The van der Waals surface area contributed by atoms with E-state index in [2.05, 4.69) is 25.6 Å². The second-order valence-electron chi connectivity index (χ2n) is 7.34. The Morgan fingerprint density at radius 3 is 2.51 bits per heavy atom. The molecule has 35 heavy (non-hydrogen) atoms. The van der Waals surface area contributed by atoms with Crippen LogP contribution in [0, 0.1) is 0 Å². The van der Waals surface area contributed by atoms with Gasteiger partial charge in [0, 0.05) is 18.3 Å². The van der Waals surface area contributed by atoms with Crippen LogP contribution in [0.1, 0.15) is 16.6 Å². The monoisotopic (exact) mass is 529 g/mol. The zero-order chi connectivity index (χ0) is 24.8. The average Bonchev–Trinajstić information content (AvgIpc) is 3.30. The number of carboxylic acids is 1. The number of aliphatic carboxylic acids is 1. The van der Waals surface area contributed by atoms with E-state index in [0.717, 1.165) is 16.1 Å². The van der Waals surface area contributed by atoms with E-state index >= 15 is 0 Å². The number of hydrogen-bond donors (Lipinski definition) is 3. The third kappa shape index (κ3) is 6.20. The van der Waals surface area contributed by atoms with Crippen molar-refractivity contribution in [3.05, 3.63) is 88.7 Å². The maximum absolute atomic E-state index is 13.5. The van der Waals surface area contributed by atoms with E-state index in [0.29, 0.717) is 4.34 Å². The predicted octanol–water partition coefficient (Wildman–Crippen LogP) is 4.01. The maximum atomic E-state index is 13.5. The van der Waals surface area contributed by atoms with Gasteiger partial charge < -0.3 is 10.4 Å². The van der Waals surface area contributed by atoms with E-state index in [-0.39, 0.29) is 29.6 Å². The Balaban J connectivity index is 1.60. The van der Waals surface area contributed by atoms with Gasteiger partial charge in [0.05, 0.1) is 11.9 Å². The van der Waals surface area contributed by atoms with Crippen molar-refractivity contribution in [2.45, 2.75) is 16.9 Å². The lowest BCUT2D eigenvalue weighted by Gasteiger charge is -2.19. The van der Waals surface area contributed by atoms with Crippen molar-refractivity contribution < 1.29 is 18.3 Å². The number of sulfone groups is 1. The second-order valence-corrected chi connectivity index (χ2v) is 11.0. The summed E-state index contributed by atoms with van der Waals surface area (Å²) < 4.78 is 27.5. The number of hydrogen-bond acceptors (Lipinski definition) is 9. The topological polar surface area (TPSA) is 134 Å².